The summed E-state index contributed by atoms with van der Waals surface area (Å²) < 4.78 is 8.06. The molecular weight excluding hydrogens is 392 g/mol. The van der Waals surface area contributed by atoms with Crippen molar-refractivity contribution in [3.8, 4) is 17.0 Å². The van der Waals surface area contributed by atoms with Gasteiger partial charge in [-0.2, -0.15) is 10.2 Å². The number of aromatic nitrogens is 7. The van der Waals surface area contributed by atoms with Crippen molar-refractivity contribution >= 4 is 21.9 Å². The number of aryl methyl sites for hydroxylation is 1. The van der Waals surface area contributed by atoms with Gasteiger partial charge in [0.1, 0.15) is 28.8 Å². The van der Waals surface area contributed by atoms with E-state index in [4.69, 9.17) is 9.72 Å². The highest BCUT2D eigenvalue weighted by Crippen LogP contribution is 2.31. The molecule has 0 saturated carbocycles. The summed E-state index contributed by atoms with van der Waals surface area (Å²) in [4.78, 5) is 13.7. The molecule has 31 heavy (non-hydrogen) atoms. The molecule has 156 valence electrons. The van der Waals surface area contributed by atoms with Gasteiger partial charge >= 0.3 is 0 Å². The summed E-state index contributed by atoms with van der Waals surface area (Å²) in [6.07, 6.45) is 6.78. The van der Waals surface area contributed by atoms with Gasteiger partial charge in [0.25, 0.3) is 0 Å². The van der Waals surface area contributed by atoms with Crippen LogP contribution in [0.2, 0.25) is 0 Å². The minimum Gasteiger partial charge on any atom is -0.484 e. The van der Waals surface area contributed by atoms with Crippen molar-refractivity contribution in [2.75, 3.05) is 7.05 Å². The molecule has 5 rings (SSSR count). The van der Waals surface area contributed by atoms with E-state index in [1.165, 1.54) is 0 Å². The third kappa shape index (κ3) is 3.59. The minimum absolute atomic E-state index is 0.317. The Hall–Kier alpha value is -3.85. The lowest BCUT2D eigenvalue weighted by molar-refractivity contribution is 0.223. The second kappa shape index (κ2) is 7.77. The third-order valence-corrected chi connectivity index (χ3v) is 5.10. The van der Waals surface area contributed by atoms with Crippen LogP contribution >= 0.6 is 0 Å². The quantitative estimate of drug-likeness (QED) is 0.439. The number of nitrogens with one attached hydrogen (secondary N) is 2. The first-order valence-corrected chi connectivity index (χ1v) is 10.0. The number of pyridine rings is 1. The lowest BCUT2D eigenvalue weighted by atomic mass is 10.1. The third-order valence-electron chi connectivity index (χ3n) is 5.10. The highest BCUT2D eigenvalue weighted by atomic mass is 16.5. The van der Waals surface area contributed by atoms with Crippen LogP contribution in [0.4, 0.5) is 0 Å². The summed E-state index contributed by atoms with van der Waals surface area (Å²) in [6, 6.07) is 7.83. The number of rotatable bonds is 6. The maximum absolute atomic E-state index is 6.30. The van der Waals surface area contributed by atoms with Crippen LogP contribution in [0, 0.1) is 0 Å². The van der Waals surface area contributed by atoms with Gasteiger partial charge in [0.15, 0.2) is 0 Å². The highest BCUT2D eigenvalue weighted by Gasteiger charge is 2.18. The van der Waals surface area contributed by atoms with E-state index < -0.39 is 0 Å². The fraction of sp³-hybridized carbons (Fsp3) is 0.227. The lowest BCUT2D eigenvalue weighted by Gasteiger charge is -2.17. The Bertz CT molecular complexity index is 1370. The molecule has 1 aromatic carbocycles. The molecule has 4 heterocycles. The molecule has 0 spiro atoms. The van der Waals surface area contributed by atoms with Crippen molar-refractivity contribution in [1.29, 1.82) is 0 Å². The topological polar surface area (TPSA) is 106 Å². The molecule has 0 aliphatic heterocycles. The standard InChI is InChI=1S/C22H22N8O/c1-13(20-22-19(24-6-7-25-22)8-15(27-20)11-23-2)31-16-4-5-18-17(9-16)21(29-28-18)14-10-26-30(3)12-14/h4-10,12-13,23H,11H2,1-3H3,(H,28,29). The Labute approximate surface area is 178 Å². The summed E-state index contributed by atoms with van der Waals surface area (Å²) in [7, 11) is 3.78. The molecule has 1 atom stereocenters. The van der Waals surface area contributed by atoms with Crippen molar-refractivity contribution in [3.05, 3.63) is 60.4 Å². The van der Waals surface area contributed by atoms with Gasteiger partial charge in [-0.25, -0.2) is 0 Å². The van der Waals surface area contributed by atoms with Gasteiger partial charge < -0.3 is 10.1 Å². The van der Waals surface area contributed by atoms with Crippen molar-refractivity contribution in [2.45, 2.75) is 19.6 Å². The molecule has 2 N–H and O–H groups in total. The van der Waals surface area contributed by atoms with Gasteiger partial charge in [-0.1, -0.05) is 0 Å². The predicted octanol–water partition coefficient (Wildman–Crippen LogP) is 3.16. The monoisotopic (exact) mass is 414 g/mol. The van der Waals surface area contributed by atoms with E-state index in [1.807, 2.05) is 51.5 Å². The predicted molar refractivity (Wildman–Crippen MR) is 117 cm³/mol. The molecule has 9 nitrogen and oxygen atoms in total. The van der Waals surface area contributed by atoms with E-state index in [0.29, 0.717) is 6.54 Å². The smallest absolute Gasteiger partial charge is 0.140 e. The maximum atomic E-state index is 6.30. The second-order valence-electron chi connectivity index (χ2n) is 7.40. The van der Waals surface area contributed by atoms with Crippen molar-refractivity contribution in [3.63, 3.8) is 0 Å². The molecule has 0 fully saturated rings. The first-order valence-electron chi connectivity index (χ1n) is 10.0. The Morgan fingerprint density at radius 3 is 2.87 bits per heavy atom. The molecule has 5 aromatic rings. The lowest BCUT2D eigenvalue weighted by Crippen LogP contribution is -2.12. The Balaban J connectivity index is 1.51. The van der Waals surface area contributed by atoms with Crippen LogP contribution < -0.4 is 10.1 Å². The molecule has 0 bridgehead atoms. The summed E-state index contributed by atoms with van der Waals surface area (Å²) in [5.41, 5.74) is 5.92. The number of fused-ring (bicyclic) bond motifs is 2. The van der Waals surface area contributed by atoms with Gasteiger partial charge in [0.05, 0.1) is 22.9 Å². The van der Waals surface area contributed by atoms with E-state index in [-0.39, 0.29) is 6.10 Å². The van der Waals surface area contributed by atoms with Crippen LogP contribution in [0.5, 0.6) is 5.75 Å². The van der Waals surface area contributed by atoms with E-state index >= 15 is 0 Å². The van der Waals surface area contributed by atoms with Crippen LogP contribution in [0.25, 0.3) is 33.2 Å². The average molecular weight is 414 g/mol. The molecule has 0 radical (unpaired) electrons. The van der Waals surface area contributed by atoms with Crippen LogP contribution in [-0.2, 0) is 13.6 Å². The second-order valence-corrected chi connectivity index (χ2v) is 7.40. The van der Waals surface area contributed by atoms with E-state index in [2.05, 4.69) is 30.6 Å². The van der Waals surface area contributed by atoms with Crippen LogP contribution in [0.1, 0.15) is 24.4 Å². The molecule has 0 aliphatic rings. The first-order chi connectivity index (χ1) is 15.1. The van der Waals surface area contributed by atoms with E-state index in [9.17, 15) is 0 Å². The molecule has 0 saturated heterocycles. The molecule has 1 unspecified atom stereocenters. The van der Waals surface area contributed by atoms with Gasteiger partial charge in [0, 0.05) is 43.1 Å². The number of ether oxygens (including phenoxy) is 1. The van der Waals surface area contributed by atoms with E-state index in [1.54, 1.807) is 23.3 Å². The molecular formula is C22H22N8O. The molecule has 0 aliphatic carbocycles. The number of benzene rings is 1. The van der Waals surface area contributed by atoms with Crippen molar-refractivity contribution in [2.24, 2.45) is 7.05 Å². The number of hydrogen-bond donors (Lipinski definition) is 2. The normalized spacial score (nSPS) is 12.5. The van der Waals surface area contributed by atoms with Gasteiger partial charge in [0.2, 0.25) is 0 Å². The number of H-pyrrole nitrogens is 1. The zero-order valence-electron chi connectivity index (χ0n) is 17.5. The summed E-state index contributed by atoms with van der Waals surface area (Å²) in [5, 5.41) is 15.9. The Kier molecular flexibility index (Phi) is 4.79. The number of hydrogen-bond acceptors (Lipinski definition) is 7. The van der Waals surface area contributed by atoms with Crippen LogP contribution in [0.3, 0.4) is 0 Å². The van der Waals surface area contributed by atoms with Crippen LogP contribution in [0.15, 0.2) is 49.1 Å². The maximum Gasteiger partial charge on any atom is 0.140 e. The van der Waals surface area contributed by atoms with Crippen LogP contribution in [-0.4, -0.2) is 42.0 Å². The summed E-state index contributed by atoms with van der Waals surface area (Å²) in [5.74, 6) is 0.726. The summed E-state index contributed by atoms with van der Waals surface area (Å²) >= 11 is 0. The van der Waals surface area contributed by atoms with Gasteiger partial charge in [-0.3, -0.25) is 24.7 Å². The number of nitrogens with zero attached hydrogens (tertiary/aromatic N) is 6. The Morgan fingerprint density at radius 1 is 1.19 bits per heavy atom. The average Bonchev–Trinajstić information content (AvgIpc) is 3.39. The number of aromatic amines is 1. The molecule has 9 heteroatoms. The zero-order valence-corrected chi connectivity index (χ0v) is 17.5. The molecule has 0 amide bonds. The summed E-state index contributed by atoms with van der Waals surface area (Å²) in [6.45, 7) is 2.61. The van der Waals surface area contributed by atoms with Gasteiger partial charge in [-0.05, 0) is 38.2 Å². The van der Waals surface area contributed by atoms with E-state index in [0.717, 1.165) is 50.3 Å². The highest BCUT2D eigenvalue weighted by molar-refractivity contribution is 5.93. The Morgan fingerprint density at radius 2 is 2.06 bits per heavy atom. The molecule has 4 aromatic heterocycles. The SMILES string of the molecule is CNCc1cc2nccnc2c(C(C)Oc2ccc3[nH]nc(-c4cnn(C)c4)c3c2)n1. The first kappa shape index (κ1) is 19.1. The largest absolute Gasteiger partial charge is 0.484 e. The fourth-order valence-electron chi connectivity index (χ4n) is 3.69. The van der Waals surface area contributed by atoms with Gasteiger partial charge in [-0.15, -0.1) is 0 Å². The zero-order chi connectivity index (χ0) is 21.4. The fourth-order valence-corrected chi connectivity index (χ4v) is 3.69. The van der Waals surface area contributed by atoms with Crippen molar-refractivity contribution < 1.29 is 4.74 Å². The minimum atomic E-state index is -0.317. The van der Waals surface area contributed by atoms with Crippen molar-refractivity contribution in [1.82, 2.24) is 40.2 Å².